The first-order valence-electron chi connectivity index (χ1n) is 8.23. The minimum absolute atomic E-state index is 0.0962. The van der Waals surface area contributed by atoms with Crippen LogP contribution in [0.15, 0.2) is 53.0 Å². The van der Waals surface area contributed by atoms with Crippen molar-refractivity contribution in [3.8, 4) is 0 Å². The maximum absolute atomic E-state index is 13.2. The summed E-state index contributed by atoms with van der Waals surface area (Å²) in [5.74, 6) is -0.426. The predicted molar refractivity (Wildman–Crippen MR) is 101 cm³/mol. The standard InChI is InChI=1S/C20H19BrFNO2/c21-18-13-14(1-7-19(18)22)2-8-20(25)15-3-5-16(6-4-15)23-11-9-17(24)10-12-23/h1-8,13,17,24H,9-12H2. The molecule has 1 aliphatic rings. The summed E-state index contributed by atoms with van der Waals surface area (Å²) < 4.78 is 13.6. The van der Waals surface area contributed by atoms with Gasteiger partial charge in [0.1, 0.15) is 5.82 Å². The summed E-state index contributed by atoms with van der Waals surface area (Å²) in [4.78, 5) is 14.5. The zero-order valence-electron chi connectivity index (χ0n) is 13.7. The first-order valence-corrected chi connectivity index (χ1v) is 9.03. The molecular formula is C20H19BrFNO2. The van der Waals surface area contributed by atoms with Crippen LogP contribution in [0.3, 0.4) is 0 Å². The van der Waals surface area contributed by atoms with Gasteiger partial charge in [-0.05, 0) is 76.8 Å². The second kappa shape index (κ2) is 7.93. The molecule has 1 fully saturated rings. The van der Waals surface area contributed by atoms with Gasteiger partial charge in [0, 0.05) is 24.3 Å². The first-order chi connectivity index (χ1) is 12.0. The van der Waals surface area contributed by atoms with Gasteiger partial charge in [0.2, 0.25) is 0 Å². The minimum Gasteiger partial charge on any atom is -0.393 e. The Morgan fingerprint density at radius 2 is 1.84 bits per heavy atom. The fourth-order valence-electron chi connectivity index (χ4n) is 2.84. The molecule has 0 spiro atoms. The molecule has 0 unspecified atom stereocenters. The van der Waals surface area contributed by atoms with E-state index in [2.05, 4.69) is 20.8 Å². The molecule has 3 nitrogen and oxygen atoms in total. The average molecular weight is 404 g/mol. The lowest BCUT2D eigenvalue weighted by molar-refractivity contribution is 0.104. The normalized spacial score (nSPS) is 15.7. The summed E-state index contributed by atoms with van der Waals surface area (Å²) in [7, 11) is 0. The zero-order valence-corrected chi connectivity index (χ0v) is 15.2. The SMILES string of the molecule is O=C(C=Cc1ccc(F)c(Br)c1)c1ccc(N2CCC(O)CC2)cc1. The number of anilines is 1. The maximum atomic E-state index is 13.2. The van der Waals surface area contributed by atoms with Crippen LogP contribution in [0.1, 0.15) is 28.8 Å². The van der Waals surface area contributed by atoms with Crippen molar-refractivity contribution in [2.24, 2.45) is 0 Å². The average Bonchev–Trinajstić information content (AvgIpc) is 2.63. The van der Waals surface area contributed by atoms with E-state index in [9.17, 15) is 14.3 Å². The lowest BCUT2D eigenvalue weighted by atomic mass is 10.1. The van der Waals surface area contributed by atoms with Gasteiger partial charge in [-0.2, -0.15) is 0 Å². The van der Waals surface area contributed by atoms with Gasteiger partial charge in [-0.25, -0.2) is 4.39 Å². The van der Waals surface area contributed by atoms with Crippen LogP contribution in [0.25, 0.3) is 6.08 Å². The molecule has 1 heterocycles. The molecule has 0 atom stereocenters. The number of rotatable bonds is 4. The molecule has 2 aromatic carbocycles. The summed E-state index contributed by atoms with van der Waals surface area (Å²) in [6.45, 7) is 1.65. The highest BCUT2D eigenvalue weighted by Crippen LogP contribution is 2.21. The van der Waals surface area contributed by atoms with Crippen molar-refractivity contribution in [3.63, 3.8) is 0 Å². The van der Waals surface area contributed by atoms with Crippen molar-refractivity contribution in [3.05, 3.63) is 70.0 Å². The van der Waals surface area contributed by atoms with Gasteiger partial charge in [-0.1, -0.05) is 12.1 Å². The third-order valence-electron chi connectivity index (χ3n) is 4.35. The predicted octanol–water partition coefficient (Wildman–Crippen LogP) is 4.45. The number of allylic oxidation sites excluding steroid dienone is 1. The van der Waals surface area contributed by atoms with E-state index in [1.165, 1.54) is 12.1 Å². The monoisotopic (exact) mass is 403 g/mol. The molecule has 0 aromatic heterocycles. The van der Waals surface area contributed by atoms with E-state index in [4.69, 9.17) is 0 Å². The molecule has 130 valence electrons. The van der Waals surface area contributed by atoms with Crippen molar-refractivity contribution >= 4 is 33.5 Å². The third kappa shape index (κ3) is 4.55. The fourth-order valence-corrected chi connectivity index (χ4v) is 3.24. The van der Waals surface area contributed by atoms with Crippen molar-refractivity contribution in [1.82, 2.24) is 0 Å². The summed E-state index contributed by atoms with van der Waals surface area (Å²) in [5, 5.41) is 9.57. The molecule has 0 amide bonds. The number of hydrogen-bond acceptors (Lipinski definition) is 3. The minimum atomic E-state index is -0.329. The van der Waals surface area contributed by atoms with E-state index >= 15 is 0 Å². The van der Waals surface area contributed by atoms with Crippen LogP contribution in [0, 0.1) is 5.82 Å². The Labute approximate surface area is 154 Å². The van der Waals surface area contributed by atoms with Crippen LogP contribution in [0.5, 0.6) is 0 Å². The van der Waals surface area contributed by atoms with Crippen LogP contribution in [-0.4, -0.2) is 30.1 Å². The second-order valence-electron chi connectivity index (χ2n) is 6.14. The van der Waals surface area contributed by atoms with Crippen LogP contribution in [-0.2, 0) is 0 Å². The first kappa shape index (κ1) is 17.8. The summed E-state index contributed by atoms with van der Waals surface area (Å²) in [6, 6.07) is 12.1. The van der Waals surface area contributed by atoms with Crippen molar-refractivity contribution in [2.45, 2.75) is 18.9 Å². The second-order valence-corrected chi connectivity index (χ2v) is 6.99. The third-order valence-corrected chi connectivity index (χ3v) is 4.96. The van der Waals surface area contributed by atoms with Crippen LogP contribution < -0.4 is 4.90 Å². The number of aliphatic hydroxyl groups is 1. The number of nitrogens with zero attached hydrogens (tertiary/aromatic N) is 1. The van der Waals surface area contributed by atoms with Gasteiger partial charge >= 0.3 is 0 Å². The maximum Gasteiger partial charge on any atom is 0.185 e. The van der Waals surface area contributed by atoms with Crippen molar-refractivity contribution < 1.29 is 14.3 Å². The van der Waals surface area contributed by atoms with Crippen molar-refractivity contribution in [2.75, 3.05) is 18.0 Å². The van der Waals surface area contributed by atoms with E-state index in [1.807, 2.05) is 24.3 Å². The molecule has 25 heavy (non-hydrogen) atoms. The van der Waals surface area contributed by atoms with E-state index in [1.54, 1.807) is 18.2 Å². The van der Waals surface area contributed by atoms with Crippen LogP contribution >= 0.6 is 15.9 Å². The molecule has 0 aliphatic carbocycles. The highest BCUT2D eigenvalue weighted by molar-refractivity contribution is 9.10. The number of hydrogen-bond donors (Lipinski definition) is 1. The molecule has 1 aliphatic heterocycles. The Kier molecular flexibility index (Phi) is 5.66. The van der Waals surface area contributed by atoms with E-state index in [0.29, 0.717) is 10.0 Å². The Morgan fingerprint density at radius 3 is 2.48 bits per heavy atom. The summed E-state index contributed by atoms with van der Waals surface area (Å²) in [6.07, 6.45) is 4.51. The van der Waals surface area contributed by atoms with E-state index in [0.717, 1.165) is 37.2 Å². The number of piperidine rings is 1. The Balaban J connectivity index is 1.66. The number of ketones is 1. The van der Waals surface area contributed by atoms with Gasteiger partial charge in [-0.15, -0.1) is 0 Å². The lowest BCUT2D eigenvalue weighted by Crippen LogP contribution is -2.35. The molecule has 3 rings (SSSR count). The van der Waals surface area contributed by atoms with E-state index < -0.39 is 0 Å². The largest absolute Gasteiger partial charge is 0.393 e. The number of aliphatic hydroxyl groups excluding tert-OH is 1. The van der Waals surface area contributed by atoms with Gasteiger partial charge < -0.3 is 10.0 Å². The van der Waals surface area contributed by atoms with Gasteiger partial charge in [0.25, 0.3) is 0 Å². The molecular weight excluding hydrogens is 385 g/mol. The quantitative estimate of drug-likeness (QED) is 0.605. The Bertz CT molecular complexity index is 781. The van der Waals surface area contributed by atoms with Gasteiger partial charge in [0.15, 0.2) is 5.78 Å². The Hall–Kier alpha value is -1.98. The molecule has 5 heteroatoms. The molecule has 0 saturated carbocycles. The molecule has 0 radical (unpaired) electrons. The van der Waals surface area contributed by atoms with Crippen molar-refractivity contribution in [1.29, 1.82) is 0 Å². The number of carbonyl (C=O) groups excluding carboxylic acids is 1. The highest BCUT2D eigenvalue weighted by Gasteiger charge is 2.17. The summed E-state index contributed by atoms with van der Waals surface area (Å²) in [5.41, 5.74) is 2.43. The zero-order chi connectivity index (χ0) is 17.8. The van der Waals surface area contributed by atoms with Crippen LogP contribution in [0.4, 0.5) is 10.1 Å². The topological polar surface area (TPSA) is 40.5 Å². The number of carbonyl (C=O) groups is 1. The van der Waals surface area contributed by atoms with Gasteiger partial charge in [-0.3, -0.25) is 4.79 Å². The fraction of sp³-hybridized carbons (Fsp3) is 0.250. The Morgan fingerprint density at radius 1 is 1.16 bits per heavy atom. The van der Waals surface area contributed by atoms with E-state index in [-0.39, 0.29) is 17.7 Å². The highest BCUT2D eigenvalue weighted by atomic mass is 79.9. The molecule has 1 N–H and O–H groups in total. The molecule has 0 bridgehead atoms. The smallest absolute Gasteiger partial charge is 0.185 e. The lowest BCUT2D eigenvalue weighted by Gasteiger charge is -2.31. The number of benzene rings is 2. The van der Waals surface area contributed by atoms with Gasteiger partial charge in [0.05, 0.1) is 10.6 Å². The number of halogens is 2. The van der Waals surface area contributed by atoms with Crippen LogP contribution in [0.2, 0.25) is 0 Å². The molecule has 2 aromatic rings. The molecule has 1 saturated heterocycles. The summed E-state index contributed by atoms with van der Waals surface area (Å²) >= 11 is 3.13.